The van der Waals surface area contributed by atoms with Crippen LogP contribution < -0.4 is 5.32 Å². The average molecular weight is 280 g/mol. The van der Waals surface area contributed by atoms with Gasteiger partial charge in [0.05, 0.1) is 13.4 Å². The lowest BCUT2D eigenvalue weighted by molar-refractivity contribution is 0.0563. The van der Waals surface area contributed by atoms with E-state index in [0.29, 0.717) is 12.3 Å². The summed E-state index contributed by atoms with van der Waals surface area (Å²) in [4.78, 5) is 13.9. The van der Waals surface area contributed by atoms with Crippen molar-refractivity contribution in [2.24, 2.45) is 5.92 Å². The second-order valence-corrected chi connectivity index (χ2v) is 5.47. The Hall–Kier alpha value is -1.33. The fourth-order valence-corrected chi connectivity index (χ4v) is 2.49. The minimum absolute atomic E-state index is 0.298. The zero-order chi connectivity index (χ0) is 14.4. The van der Waals surface area contributed by atoms with Gasteiger partial charge in [-0.05, 0) is 37.9 Å². The molecule has 20 heavy (non-hydrogen) atoms. The highest BCUT2D eigenvalue weighted by Gasteiger charge is 2.16. The molecule has 0 saturated carbocycles. The zero-order valence-electron chi connectivity index (χ0n) is 12.4. The number of nitrogens with one attached hydrogen (secondary N) is 1. The van der Waals surface area contributed by atoms with Gasteiger partial charge in [0.15, 0.2) is 0 Å². The number of furan rings is 1. The fourth-order valence-electron chi connectivity index (χ4n) is 2.49. The number of carbonyl (C=O) groups is 1. The van der Waals surface area contributed by atoms with Crippen LogP contribution >= 0.6 is 0 Å². The Morgan fingerprint density at radius 3 is 2.95 bits per heavy atom. The molecule has 0 amide bonds. The molecular formula is C15H24N2O3. The normalized spacial score (nSPS) is 17.3. The molecule has 0 radical (unpaired) electrons. The van der Waals surface area contributed by atoms with E-state index in [4.69, 9.17) is 4.42 Å². The largest absolute Gasteiger partial charge is 0.463 e. The van der Waals surface area contributed by atoms with Crippen LogP contribution in [0.3, 0.4) is 0 Å². The molecule has 0 bridgehead atoms. The molecule has 2 heterocycles. The molecule has 1 aromatic heterocycles. The van der Waals surface area contributed by atoms with E-state index in [1.165, 1.54) is 39.3 Å². The number of piperidine rings is 1. The van der Waals surface area contributed by atoms with Gasteiger partial charge in [0, 0.05) is 25.2 Å². The number of hydrogen-bond donors (Lipinski definition) is 1. The first-order valence-corrected chi connectivity index (χ1v) is 7.28. The Balaban J connectivity index is 1.68. The second-order valence-electron chi connectivity index (χ2n) is 5.47. The molecule has 1 saturated heterocycles. The van der Waals surface area contributed by atoms with E-state index in [0.717, 1.165) is 24.6 Å². The number of nitrogens with zero attached hydrogens (tertiary/aromatic N) is 1. The average Bonchev–Trinajstić information content (AvgIpc) is 2.93. The quantitative estimate of drug-likeness (QED) is 0.637. The summed E-state index contributed by atoms with van der Waals surface area (Å²) in [5.74, 6) is 0.747. The fraction of sp³-hybridized carbons (Fsp3) is 0.667. The summed E-state index contributed by atoms with van der Waals surface area (Å²) >= 11 is 0. The topological polar surface area (TPSA) is 54.7 Å². The first kappa shape index (κ1) is 15.1. The summed E-state index contributed by atoms with van der Waals surface area (Å²) in [6, 6.07) is 1.81. The van der Waals surface area contributed by atoms with Crippen molar-refractivity contribution < 1.29 is 13.9 Å². The first-order valence-electron chi connectivity index (χ1n) is 7.28. The summed E-state index contributed by atoms with van der Waals surface area (Å²) < 4.78 is 9.83. The molecule has 1 aromatic rings. The molecule has 1 fully saturated rings. The van der Waals surface area contributed by atoms with E-state index < -0.39 is 5.97 Å². The third-order valence-corrected chi connectivity index (χ3v) is 3.91. The Morgan fingerprint density at radius 1 is 1.50 bits per heavy atom. The van der Waals surface area contributed by atoms with Crippen molar-refractivity contribution in [3.63, 3.8) is 0 Å². The molecule has 5 nitrogen and oxygen atoms in total. The second kappa shape index (κ2) is 7.45. The van der Waals surface area contributed by atoms with Crippen LogP contribution in [0.2, 0.25) is 0 Å². The van der Waals surface area contributed by atoms with E-state index >= 15 is 0 Å². The molecular weight excluding hydrogens is 256 g/mol. The Bertz CT molecular complexity index is 423. The molecule has 1 aliphatic rings. The van der Waals surface area contributed by atoms with Crippen LogP contribution in [0.1, 0.15) is 35.9 Å². The van der Waals surface area contributed by atoms with E-state index in [9.17, 15) is 4.79 Å². The maximum absolute atomic E-state index is 11.5. The van der Waals surface area contributed by atoms with Crippen molar-refractivity contribution >= 4 is 5.97 Å². The zero-order valence-corrected chi connectivity index (χ0v) is 12.4. The minimum Gasteiger partial charge on any atom is -0.463 e. The van der Waals surface area contributed by atoms with Gasteiger partial charge in [-0.1, -0.05) is 6.92 Å². The van der Waals surface area contributed by atoms with Gasteiger partial charge in [-0.25, -0.2) is 4.79 Å². The van der Waals surface area contributed by atoms with Crippen LogP contribution in [0.25, 0.3) is 0 Å². The van der Waals surface area contributed by atoms with Crippen LogP contribution in [0.4, 0.5) is 0 Å². The molecule has 0 atom stereocenters. The lowest BCUT2D eigenvalue weighted by Gasteiger charge is -2.30. The molecule has 5 heteroatoms. The smallest absolute Gasteiger partial charge is 0.374 e. The van der Waals surface area contributed by atoms with Crippen molar-refractivity contribution in [3.05, 3.63) is 23.7 Å². The summed E-state index contributed by atoms with van der Waals surface area (Å²) in [7, 11) is 1.36. The van der Waals surface area contributed by atoms with E-state index in [-0.39, 0.29) is 0 Å². The highest BCUT2D eigenvalue weighted by Crippen LogP contribution is 2.15. The highest BCUT2D eigenvalue weighted by atomic mass is 16.5. The third kappa shape index (κ3) is 4.08. The molecule has 0 aliphatic carbocycles. The van der Waals surface area contributed by atoms with Crippen LogP contribution in [0.5, 0.6) is 0 Å². The molecule has 0 unspecified atom stereocenters. The van der Waals surface area contributed by atoms with E-state index in [1.807, 2.05) is 6.07 Å². The van der Waals surface area contributed by atoms with Crippen molar-refractivity contribution in [2.45, 2.75) is 26.3 Å². The van der Waals surface area contributed by atoms with Crippen molar-refractivity contribution in [3.8, 4) is 0 Å². The molecule has 1 aliphatic heterocycles. The highest BCUT2D eigenvalue weighted by molar-refractivity contribution is 5.87. The van der Waals surface area contributed by atoms with Gasteiger partial charge < -0.3 is 19.4 Å². The number of esters is 1. The van der Waals surface area contributed by atoms with Gasteiger partial charge in [0.2, 0.25) is 5.76 Å². The molecule has 2 rings (SSSR count). The monoisotopic (exact) mass is 280 g/mol. The number of likely N-dealkylation sites (tertiary alicyclic amines) is 1. The first-order chi connectivity index (χ1) is 9.70. The van der Waals surface area contributed by atoms with Crippen molar-refractivity contribution in [1.82, 2.24) is 10.2 Å². The van der Waals surface area contributed by atoms with Crippen LogP contribution in [-0.4, -0.2) is 44.2 Å². The standard InChI is InChI=1S/C15H24N2O3/c1-12-3-7-17(8-4-12)9-6-16-11-13-5-10-20-14(13)15(18)19-2/h5,10,12,16H,3-4,6-9,11H2,1-2H3. The van der Waals surface area contributed by atoms with Gasteiger partial charge in [-0.15, -0.1) is 0 Å². The lowest BCUT2D eigenvalue weighted by Crippen LogP contribution is -2.37. The van der Waals surface area contributed by atoms with Gasteiger partial charge in [0.1, 0.15) is 0 Å². The van der Waals surface area contributed by atoms with Gasteiger partial charge in [-0.2, -0.15) is 0 Å². The summed E-state index contributed by atoms with van der Waals surface area (Å²) in [6.07, 6.45) is 4.12. The summed E-state index contributed by atoms with van der Waals surface area (Å²) in [6.45, 7) is 7.32. The lowest BCUT2D eigenvalue weighted by atomic mass is 9.99. The Morgan fingerprint density at radius 2 is 2.25 bits per heavy atom. The molecule has 0 spiro atoms. The Kier molecular flexibility index (Phi) is 5.61. The van der Waals surface area contributed by atoms with Crippen LogP contribution in [-0.2, 0) is 11.3 Å². The van der Waals surface area contributed by atoms with Gasteiger partial charge in [0.25, 0.3) is 0 Å². The maximum Gasteiger partial charge on any atom is 0.374 e. The summed E-state index contributed by atoms with van der Waals surface area (Å²) in [5.41, 5.74) is 0.851. The number of rotatable bonds is 6. The van der Waals surface area contributed by atoms with Crippen LogP contribution in [0.15, 0.2) is 16.7 Å². The number of ether oxygens (including phenoxy) is 1. The SMILES string of the molecule is COC(=O)c1occc1CNCCN1CCC(C)CC1. The third-order valence-electron chi connectivity index (χ3n) is 3.91. The number of carbonyl (C=O) groups excluding carboxylic acids is 1. The molecule has 0 aromatic carbocycles. The minimum atomic E-state index is -0.420. The van der Waals surface area contributed by atoms with Gasteiger partial charge >= 0.3 is 5.97 Å². The van der Waals surface area contributed by atoms with E-state index in [2.05, 4.69) is 21.9 Å². The van der Waals surface area contributed by atoms with Crippen molar-refractivity contribution in [1.29, 1.82) is 0 Å². The molecule has 112 valence electrons. The maximum atomic E-state index is 11.5. The number of methoxy groups -OCH3 is 1. The van der Waals surface area contributed by atoms with Gasteiger partial charge in [-0.3, -0.25) is 0 Å². The number of hydrogen-bond acceptors (Lipinski definition) is 5. The Labute approximate surface area is 120 Å². The predicted octanol–water partition coefficient (Wildman–Crippen LogP) is 1.89. The van der Waals surface area contributed by atoms with E-state index in [1.54, 1.807) is 0 Å². The summed E-state index contributed by atoms with van der Waals surface area (Å²) in [5, 5.41) is 3.36. The predicted molar refractivity (Wildman–Crippen MR) is 76.6 cm³/mol. The van der Waals surface area contributed by atoms with Crippen LogP contribution in [0, 0.1) is 5.92 Å². The molecule has 1 N–H and O–H groups in total. The van der Waals surface area contributed by atoms with Crippen molar-refractivity contribution in [2.75, 3.05) is 33.3 Å².